The molecule has 0 bridgehead atoms. The number of aromatic amines is 1. The number of nitrogens with one attached hydrogen (secondary N) is 2. The quantitative estimate of drug-likeness (QED) is 0.190. The zero-order valence-electron chi connectivity index (χ0n) is 24.9. The minimum Gasteiger partial charge on any atom is -0.497 e. The monoisotopic (exact) mass is 590 g/mol. The fourth-order valence-corrected chi connectivity index (χ4v) is 4.72. The number of methoxy groups -OCH3 is 1. The summed E-state index contributed by atoms with van der Waals surface area (Å²) in [6.07, 6.45) is 7.18. The topological polar surface area (TPSA) is 79.9 Å². The van der Waals surface area contributed by atoms with Crippen LogP contribution in [0.1, 0.15) is 31.9 Å². The molecule has 0 amide bonds. The van der Waals surface area contributed by atoms with E-state index in [1.807, 2.05) is 31.2 Å². The summed E-state index contributed by atoms with van der Waals surface area (Å²) in [6, 6.07) is 20.0. The number of ether oxygens (including phenoxy) is 1. The van der Waals surface area contributed by atoms with E-state index in [1.165, 1.54) is 30.1 Å². The van der Waals surface area contributed by atoms with Crippen LogP contribution < -0.4 is 15.5 Å². The molecule has 0 aliphatic rings. The first-order chi connectivity index (χ1) is 21.3. The van der Waals surface area contributed by atoms with Crippen LogP contribution in [0.4, 0.5) is 20.3 Å². The van der Waals surface area contributed by atoms with Crippen LogP contribution in [0.2, 0.25) is 0 Å². The average molecular weight is 591 g/mol. The van der Waals surface area contributed by atoms with Crippen LogP contribution in [0.25, 0.3) is 32.9 Å². The van der Waals surface area contributed by atoms with Crippen molar-refractivity contribution in [2.45, 2.75) is 27.2 Å². The molecule has 44 heavy (non-hydrogen) atoms. The number of fused-ring (bicyclic) bond motifs is 2. The number of anilines is 2. The standard InChI is InChI=1S/C31H22F2N4O2.C5H10/c1-39-21-8-9-22-18(10-12-34-28(22)16-21)14-19-6-7-20(15-26(19)33)37-31-29-27(11-13-35-31)36-17-24(30(29)38)23-4-2-3-5-25(23)32;1-4-5(2)3/h2-13,15-17H,14H2,1H3,(H,35,37)(H,36,38);4H,1-3H3. The Hall–Kier alpha value is -5.37. The summed E-state index contributed by atoms with van der Waals surface area (Å²) in [5, 5.41) is 4.24. The number of aromatic nitrogens is 3. The number of benzene rings is 3. The molecule has 0 radical (unpaired) electrons. The summed E-state index contributed by atoms with van der Waals surface area (Å²) < 4.78 is 35.0. The first-order valence-electron chi connectivity index (χ1n) is 14.1. The Morgan fingerprint density at radius 2 is 1.68 bits per heavy atom. The van der Waals surface area contributed by atoms with Crippen LogP contribution in [0.15, 0.2) is 108 Å². The largest absolute Gasteiger partial charge is 0.497 e. The van der Waals surface area contributed by atoms with Crippen molar-refractivity contribution in [2.75, 3.05) is 12.4 Å². The normalized spacial score (nSPS) is 10.7. The third-order valence-electron chi connectivity index (χ3n) is 7.27. The minimum absolute atomic E-state index is 0.181. The second-order valence-corrected chi connectivity index (χ2v) is 10.4. The number of allylic oxidation sites excluding steroid dienone is 2. The van der Waals surface area contributed by atoms with Gasteiger partial charge in [0.2, 0.25) is 5.43 Å². The van der Waals surface area contributed by atoms with Crippen molar-refractivity contribution >= 4 is 33.3 Å². The molecule has 0 unspecified atom stereocenters. The molecule has 6 nitrogen and oxygen atoms in total. The van der Waals surface area contributed by atoms with Gasteiger partial charge in [-0.3, -0.25) is 9.78 Å². The van der Waals surface area contributed by atoms with E-state index in [0.717, 1.165) is 16.5 Å². The molecule has 222 valence electrons. The maximum Gasteiger partial charge on any atom is 0.201 e. The van der Waals surface area contributed by atoms with E-state index >= 15 is 4.39 Å². The zero-order valence-corrected chi connectivity index (χ0v) is 24.9. The van der Waals surface area contributed by atoms with Gasteiger partial charge in [-0.2, -0.15) is 0 Å². The average Bonchev–Trinajstić information content (AvgIpc) is 3.03. The molecule has 0 fully saturated rings. The van der Waals surface area contributed by atoms with E-state index in [0.29, 0.717) is 28.9 Å². The molecule has 0 aliphatic heterocycles. The van der Waals surface area contributed by atoms with E-state index in [2.05, 4.69) is 40.2 Å². The summed E-state index contributed by atoms with van der Waals surface area (Å²) >= 11 is 0. The lowest BCUT2D eigenvalue weighted by Crippen LogP contribution is -2.10. The first-order valence-corrected chi connectivity index (χ1v) is 14.1. The lowest BCUT2D eigenvalue weighted by molar-refractivity contribution is 0.415. The third-order valence-corrected chi connectivity index (χ3v) is 7.27. The fraction of sp³-hybridized carbons (Fsp3) is 0.139. The Balaban J connectivity index is 0.000000712. The van der Waals surface area contributed by atoms with E-state index in [4.69, 9.17) is 4.74 Å². The molecule has 3 heterocycles. The van der Waals surface area contributed by atoms with Crippen molar-refractivity contribution in [2.24, 2.45) is 0 Å². The van der Waals surface area contributed by atoms with E-state index in [-0.39, 0.29) is 27.8 Å². The highest BCUT2D eigenvalue weighted by Crippen LogP contribution is 2.28. The number of hydrogen-bond donors (Lipinski definition) is 2. The zero-order chi connectivity index (χ0) is 31.2. The first kappa shape index (κ1) is 30.1. The number of rotatable bonds is 6. The maximum absolute atomic E-state index is 15.3. The van der Waals surface area contributed by atoms with E-state index in [9.17, 15) is 9.18 Å². The smallest absolute Gasteiger partial charge is 0.201 e. The van der Waals surface area contributed by atoms with Gasteiger partial charge in [0.15, 0.2) is 0 Å². The number of pyridine rings is 3. The predicted octanol–water partition coefficient (Wildman–Crippen LogP) is 8.73. The Morgan fingerprint density at radius 1 is 0.909 bits per heavy atom. The van der Waals surface area contributed by atoms with Crippen LogP contribution in [0.5, 0.6) is 5.75 Å². The summed E-state index contributed by atoms with van der Waals surface area (Å²) in [5.41, 5.74) is 4.53. The molecule has 6 rings (SSSR count). The van der Waals surface area contributed by atoms with E-state index < -0.39 is 11.6 Å². The van der Waals surface area contributed by atoms with Gasteiger partial charge in [-0.1, -0.05) is 35.9 Å². The number of halogens is 2. The second-order valence-electron chi connectivity index (χ2n) is 10.4. The fourth-order valence-electron chi connectivity index (χ4n) is 4.72. The molecule has 0 saturated carbocycles. The molecule has 8 heteroatoms. The number of H-pyrrole nitrogens is 1. The highest BCUT2D eigenvalue weighted by molar-refractivity contribution is 5.93. The van der Waals surface area contributed by atoms with Crippen molar-refractivity contribution in [1.29, 1.82) is 0 Å². The van der Waals surface area contributed by atoms with Crippen LogP contribution in [-0.4, -0.2) is 22.1 Å². The van der Waals surface area contributed by atoms with Gasteiger partial charge in [0.1, 0.15) is 23.2 Å². The Bertz CT molecular complexity index is 2050. The minimum atomic E-state index is -0.500. The van der Waals surface area contributed by atoms with Crippen LogP contribution >= 0.6 is 0 Å². The highest BCUT2D eigenvalue weighted by atomic mass is 19.1. The number of hydrogen-bond acceptors (Lipinski definition) is 5. The summed E-state index contributed by atoms with van der Waals surface area (Å²) in [5.74, 6) is 0.0445. The summed E-state index contributed by atoms with van der Waals surface area (Å²) in [7, 11) is 1.60. The SMILES string of the molecule is CC=C(C)C.COc1ccc2c(Cc3ccc(Nc4nccc5[nH]cc(-c6ccccc6F)c(=O)c45)cc3F)ccnc2c1. The van der Waals surface area contributed by atoms with E-state index in [1.54, 1.807) is 49.7 Å². The molecule has 0 atom stereocenters. The summed E-state index contributed by atoms with van der Waals surface area (Å²) in [4.78, 5) is 25.2. The predicted molar refractivity (Wildman–Crippen MR) is 174 cm³/mol. The molecule has 6 aromatic rings. The molecule has 0 saturated heterocycles. The summed E-state index contributed by atoms with van der Waals surface area (Å²) in [6.45, 7) is 6.20. The molecular formula is C36H32F2N4O2. The third kappa shape index (κ3) is 6.49. The van der Waals surface area contributed by atoms with Gasteiger partial charge in [-0.05, 0) is 74.4 Å². The lowest BCUT2D eigenvalue weighted by Gasteiger charge is -2.12. The van der Waals surface area contributed by atoms with Gasteiger partial charge < -0.3 is 15.0 Å². The molecular weight excluding hydrogens is 558 g/mol. The molecule has 0 aliphatic carbocycles. The molecule has 0 spiro atoms. The van der Waals surface area contributed by atoms with Gasteiger partial charge >= 0.3 is 0 Å². The van der Waals surface area contributed by atoms with Gasteiger partial charge in [0.05, 0.1) is 23.5 Å². The van der Waals surface area contributed by atoms with Crippen LogP contribution in [0.3, 0.4) is 0 Å². The Labute approximate surface area is 254 Å². The highest BCUT2D eigenvalue weighted by Gasteiger charge is 2.15. The van der Waals surface area contributed by atoms with Gasteiger partial charge in [0, 0.05) is 53.3 Å². The molecule has 2 N–H and O–H groups in total. The van der Waals surface area contributed by atoms with Crippen LogP contribution in [-0.2, 0) is 6.42 Å². The van der Waals surface area contributed by atoms with Crippen molar-refractivity contribution in [3.8, 4) is 16.9 Å². The lowest BCUT2D eigenvalue weighted by atomic mass is 10.0. The van der Waals surface area contributed by atoms with Crippen molar-refractivity contribution in [3.63, 3.8) is 0 Å². The van der Waals surface area contributed by atoms with Crippen molar-refractivity contribution in [3.05, 3.63) is 136 Å². The van der Waals surface area contributed by atoms with Gasteiger partial charge in [0.25, 0.3) is 0 Å². The van der Waals surface area contributed by atoms with Gasteiger partial charge in [-0.15, -0.1) is 0 Å². The maximum atomic E-state index is 15.3. The van der Waals surface area contributed by atoms with Crippen LogP contribution in [0, 0.1) is 11.6 Å². The second kappa shape index (κ2) is 13.3. The molecule has 3 aromatic heterocycles. The van der Waals surface area contributed by atoms with Crippen molar-refractivity contribution in [1.82, 2.24) is 15.0 Å². The molecule has 3 aromatic carbocycles. The Kier molecular flexibility index (Phi) is 9.09. The van der Waals surface area contributed by atoms with Crippen molar-refractivity contribution < 1.29 is 13.5 Å². The Morgan fingerprint density at radius 3 is 2.41 bits per heavy atom. The van der Waals surface area contributed by atoms with Gasteiger partial charge in [-0.25, -0.2) is 13.8 Å². The number of nitrogens with zero attached hydrogens (tertiary/aromatic N) is 2.